The zero-order chi connectivity index (χ0) is 26.4. The van der Waals surface area contributed by atoms with E-state index in [4.69, 9.17) is 26.8 Å². The fourth-order valence-corrected chi connectivity index (χ4v) is 4.80. The molecule has 1 aliphatic rings. The molecule has 4 rings (SSSR count). The van der Waals surface area contributed by atoms with Crippen LogP contribution in [0, 0.1) is 0 Å². The summed E-state index contributed by atoms with van der Waals surface area (Å²) in [4.78, 5) is 11.5. The van der Waals surface area contributed by atoms with Crippen molar-refractivity contribution in [3.63, 3.8) is 0 Å². The number of carbonyl (C=O) groups excluding carboxylic acids is 1. The SMILES string of the molecule is CCOC(=O)COc1ccc(C2=NN(/C(N)=N/S(=O)(=O)c3ccc(Cl)cc3)CC2c2ccccc2)cc1. The molecule has 192 valence electrons. The predicted octanol–water partition coefficient (Wildman–Crippen LogP) is 3.79. The number of sulfonamides is 1. The Morgan fingerprint density at radius 1 is 1.08 bits per heavy atom. The molecule has 1 heterocycles. The third-order valence-corrected chi connectivity index (χ3v) is 7.06. The zero-order valence-corrected chi connectivity index (χ0v) is 21.5. The van der Waals surface area contributed by atoms with E-state index >= 15 is 0 Å². The van der Waals surface area contributed by atoms with Gasteiger partial charge in [0.2, 0.25) is 5.96 Å². The fraction of sp³-hybridized carbons (Fsp3) is 0.192. The topological polar surface area (TPSA) is 124 Å². The Balaban J connectivity index is 1.61. The second-order valence-corrected chi connectivity index (χ2v) is 10.1. The van der Waals surface area contributed by atoms with Crippen LogP contribution in [0.15, 0.2) is 93.3 Å². The molecule has 0 saturated carbocycles. The molecule has 0 amide bonds. The first-order valence-electron chi connectivity index (χ1n) is 11.4. The van der Waals surface area contributed by atoms with Gasteiger partial charge in [-0.3, -0.25) is 0 Å². The summed E-state index contributed by atoms with van der Waals surface area (Å²) in [5.41, 5.74) is 8.59. The molecule has 0 bridgehead atoms. The molecule has 0 fully saturated rings. The van der Waals surface area contributed by atoms with Crippen LogP contribution in [0.3, 0.4) is 0 Å². The molecular formula is C26H25ClN4O5S. The van der Waals surface area contributed by atoms with E-state index in [-0.39, 0.29) is 30.0 Å². The number of ether oxygens (including phenoxy) is 2. The van der Waals surface area contributed by atoms with Crippen LogP contribution in [0.5, 0.6) is 5.75 Å². The molecule has 37 heavy (non-hydrogen) atoms. The Kier molecular flexibility index (Phi) is 8.10. The first-order chi connectivity index (χ1) is 17.8. The van der Waals surface area contributed by atoms with Gasteiger partial charge in [0, 0.05) is 10.9 Å². The summed E-state index contributed by atoms with van der Waals surface area (Å²) in [6, 6.07) is 22.5. The molecule has 3 aromatic carbocycles. The van der Waals surface area contributed by atoms with Crippen molar-refractivity contribution >= 4 is 39.3 Å². The first kappa shape index (κ1) is 26.2. The second kappa shape index (κ2) is 11.4. The molecule has 0 spiro atoms. The Labute approximate surface area is 220 Å². The minimum Gasteiger partial charge on any atom is -0.482 e. The minimum absolute atomic E-state index is 0.0266. The number of nitrogens with zero attached hydrogens (tertiary/aromatic N) is 3. The Bertz CT molecular complexity index is 1410. The lowest BCUT2D eigenvalue weighted by Gasteiger charge is -2.15. The van der Waals surface area contributed by atoms with Crippen molar-refractivity contribution < 1.29 is 22.7 Å². The van der Waals surface area contributed by atoms with Crippen LogP contribution in [0.25, 0.3) is 0 Å². The smallest absolute Gasteiger partial charge is 0.344 e. The number of rotatable bonds is 8. The number of benzene rings is 3. The van der Waals surface area contributed by atoms with Gasteiger partial charge in [-0.25, -0.2) is 9.80 Å². The Morgan fingerprint density at radius 2 is 1.76 bits per heavy atom. The highest BCUT2D eigenvalue weighted by Gasteiger charge is 2.31. The van der Waals surface area contributed by atoms with E-state index < -0.39 is 16.0 Å². The van der Waals surface area contributed by atoms with Gasteiger partial charge in [0.1, 0.15) is 5.75 Å². The van der Waals surface area contributed by atoms with Crippen molar-refractivity contribution in [2.24, 2.45) is 15.2 Å². The molecular weight excluding hydrogens is 516 g/mol. The predicted molar refractivity (Wildman–Crippen MR) is 141 cm³/mol. The average molecular weight is 541 g/mol. The van der Waals surface area contributed by atoms with Crippen LogP contribution < -0.4 is 10.5 Å². The lowest BCUT2D eigenvalue weighted by Crippen LogP contribution is -2.33. The summed E-state index contributed by atoms with van der Waals surface area (Å²) in [7, 11) is -4.06. The van der Waals surface area contributed by atoms with Gasteiger partial charge >= 0.3 is 5.97 Å². The summed E-state index contributed by atoms with van der Waals surface area (Å²) in [6.45, 7) is 2.12. The van der Waals surface area contributed by atoms with E-state index in [1.54, 1.807) is 19.1 Å². The van der Waals surface area contributed by atoms with Gasteiger partial charge in [-0.1, -0.05) is 41.9 Å². The van der Waals surface area contributed by atoms with E-state index in [1.165, 1.54) is 29.3 Å². The minimum atomic E-state index is -4.06. The molecule has 0 radical (unpaired) electrons. The lowest BCUT2D eigenvalue weighted by molar-refractivity contribution is -0.145. The first-order valence-corrected chi connectivity index (χ1v) is 13.2. The zero-order valence-electron chi connectivity index (χ0n) is 20.0. The Hall–Kier alpha value is -3.89. The summed E-state index contributed by atoms with van der Waals surface area (Å²) >= 11 is 5.86. The van der Waals surface area contributed by atoms with Crippen LogP contribution >= 0.6 is 11.6 Å². The van der Waals surface area contributed by atoms with Crippen molar-refractivity contribution in [2.75, 3.05) is 19.8 Å². The highest BCUT2D eigenvalue weighted by atomic mass is 35.5. The second-order valence-electron chi connectivity index (χ2n) is 8.03. The molecule has 0 aromatic heterocycles. The molecule has 9 nitrogen and oxygen atoms in total. The third kappa shape index (κ3) is 6.46. The monoisotopic (exact) mass is 540 g/mol. The summed E-state index contributed by atoms with van der Waals surface area (Å²) in [5, 5.41) is 6.42. The van der Waals surface area contributed by atoms with E-state index in [1.807, 2.05) is 42.5 Å². The molecule has 1 unspecified atom stereocenters. The van der Waals surface area contributed by atoms with Crippen molar-refractivity contribution in [3.8, 4) is 5.75 Å². The van der Waals surface area contributed by atoms with E-state index in [9.17, 15) is 13.2 Å². The highest BCUT2D eigenvalue weighted by Crippen LogP contribution is 2.30. The molecule has 2 N–H and O–H groups in total. The van der Waals surface area contributed by atoms with Crippen LogP contribution in [0.1, 0.15) is 24.0 Å². The van der Waals surface area contributed by atoms with Crippen LogP contribution in [-0.4, -0.2) is 50.8 Å². The number of halogens is 1. The molecule has 0 saturated heterocycles. The third-order valence-electron chi connectivity index (χ3n) is 5.52. The van der Waals surface area contributed by atoms with Crippen molar-refractivity contribution in [1.82, 2.24) is 5.01 Å². The summed E-state index contributed by atoms with van der Waals surface area (Å²) in [5.74, 6) is -0.395. The average Bonchev–Trinajstić information content (AvgIpc) is 3.34. The van der Waals surface area contributed by atoms with E-state index in [0.29, 0.717) is 23.0 Å². The number of hydrogen-bond donors (Lipinski definition) is 1. The van der Waals surface area contributed by atoms with Crippen molar-refractivity contribution in [2.45, 2.75) is 17.7 Å². The van der Waals surface area contributed by atoms with Gasteiger partial charge in [-0.2, -0.15) is 13.5 Å². The van der Waals surface area contributed by atoms with Crippen molar-refractivity contribution in [3.05, 3.63) is 95.0 Å². The number of esters is 1. The molecule has 1 aliphatic heterocycles. The summed E-state index contributed by atoms with van der Waals surface area (Å²) in [6.07, 6.45) is 0. The van der Waals surface area contributed by atoms with Crippen LogP contribution in [-0.2, 0) is 19.6 Å². The quantitative estimate of drug-likeness (QED) is 0.262. The number of guanidine groups is 1. The maximum Gasteiger partial charge on any atom is 0.344 e. The van der Waals surface area contributed by atoms with Gasteiger partial charge in [0.15, 0.2) is 6.61 Å². The van der Waals surface area contributed by atoms with E-state index in [0.717, 1.165) is 11.1 Å². The highest BCUT2D eigenvalue weighted by molar-refractivity contribution is 7.90. The van der Waals surface area contributed by atoms with Gasteiger partial charge < -0.3 is 15.2 Å². The number of carbonyl (C=O) groups is 1. The Morgan fingerprint density at radius 3 is 2.41 bits per heavy atom. The van der Waals surface area contributed by atoms with Gasteiger partial charge in [-0.05, 0) is 66.6 Å². The van der Waals surface area contributed by atoms with Gasteiger partial charge in [0.25, 0.3) is 10.0 Å². The lowest BCUT2D eigenvalue weighted by atomic mass is 9.90. The molecule has 0 aliphatic carbocycles. The molecule has 11 heteroatoms. The van der Waals surface area contributed by atoms with Crippen LogP contribution in [0.4, 0.5) is 0 Å². The van der Waals surface area contributed by atoms with E-state index in [2.05, 4.69) is 9.50 Å². The molecule has 3 aromatic rings. The van der Waals surface area contributed by atoms with Crippen LogP contribution in [0.2, 0.25) is 5.02 Å². The normalized spacial score (nSPS) is 15.8. The van der Waals surface area contributed by atoms with Crippen molar-refractivity contribution in [1.29, 1.82) is 0 Å². The van der Waals surface area contributed by atoms with Gasteiger partial charge in [-0.15, -0.1) is 4.40 Å². The van der Waals surface area contributed by atoms with Gasteiger partial charge in [0.05, 0.1) is 23.8 Å². The maximum absolute atomic E-state index is 12.8. The fourth-order valence-electron chi connectivity index (χ4n) is 3.75. The largest absolute Gasteiger partial charge is 0.482 e. The standard InChI is InChI=1S/C26H25ClN4O5S/c1-2-35-24(32)17-36-21-12-8-19(9-13-21)25-23(18-6-4-3-5-7-18)16-31(29-25)26(28)30-37(33,34)22-14-10-20(27)11-15-22/h3-15,23H,2,16-17H2,1H3,(H2,28,30). The number of hydrazone groups is 1. The maximum atomic E-state index is 12.8. The number of hydrogen-bond acceptors (Lipinski definition) is 6. The number of nitrogens with two attached hydrogens (primary N) is 1. The molecule has 1 atom stereocenters. The summed E-state index contributed by atoms with van der Waals surface area (Å²) < 4.78 is 39.7.